The second kappa shape index (κ2) is 4.20. The largest absolute Gasteiger partial charge is 0.481 e. The molecule has 1 aromatic rings. The van der Waals surface area contributed by atoms with Crippen molar-refractivity contribution in [1.82, 2.24) is 4.98 Å². The van der Waals surface area contributed by atoms with Gasteiger partial charge in [0.25, 0.3) is 0 Å². The van der Waals surface area contributed by atoms with Gasteiger partial charge in [0.05, 0.1) is 24.9 Å². The first-order valence-electron chi connectivity index (χ1n) is 4.09. The van der Waals surface area contributed by atoms with Gasteiger partial charge in [-0.25, -0.2) is 4.98 Å². The minimum atomic E-state index is -0.611. The molecule has 0 aromatic carbocycles. The topological polar surface area (TPSA) is 68.4 Å². The summed E-state index contributed by atoms with van der Waals surface area (Å²) in [6, 6.07) is 4.83. The number of nitrogens with zero attached hydrogens (tertiary/aromatic N) is 1. The molecule has 0 aliphatic heterocycles. The van der Waals surface area contributed by atoms with Crippen molar-refractivity contribution in [1.29, 1.82) is 0 Å². The molecule has 4 nitrogen and oxygen atoms in total. The molecule has 1 rings (SSSR count). The van der Waals surface area contributed by atoms with Crippen molar-refractivity contribution in [2.45, 2.75) is 19.1 Å². The summed E-state index contributed by atoms with van der Waals surface area (Å²) in [5, 5.41) is 9.23. The van der Waals surface area contributed by atoms with Crippen LogP contribution in [0, 0.1) is 0 Å². The summed E-state index contributed by atoms with van der Waals surface area (Å²) >= 11 is 0. The average Bonchev–Trinajstić information content (AvgIpc) is 2.16. The maximum Gasteiger partial charge on any atom is 0.213 e. The third kappa shape index (κ3) is 2.40. The number of aromatic nitrogens is 1. The van der Waals surface area contributed by atoms with Gasteiger partial charge in [0, 0.05) is 6.07 Å². The highest BCUT2D eigenvalue weighted by molar-refractivity contribution is 5.18. The highest BCUT2D eigenvalue weighted by Crippen LogP contribution is 2.14. The molecule has 0 amide bonds. The number of hydrogen-bond donors (Lipinski definition) is 2. The van der Waals surface area contributed by atoms with Crippen LogP contribution in [0.4, 0.5) is 0 Å². The number of aliphatic hydroxyl groups is 1. The van der Waals surface area contributed by atoms with E-state index < -0.39 is 12.1 Å². The first-order chi connectivity index (χ1) is 6.15. The molecule has 0 saturated heterocycles. The number of nitrogens with two attached hydrogens (primary N) is 1. The van der Waals surface area contributed by atoms with E-state index in [4.69, 9.17) is 10.5 Å². The van der Waals surface area contributed by atoms with Crippen molar-refractivity contribution in [3.63, 3.8) is 0 Å². The Balaban J connectivity index is 2.88. The van der Waals surface area contributed by atoms with E-state index in [-0.39, 0.29) is 0 Å². The van der Waals surface area contributed by atoms with Crippen LogP contribution in [0.25, 0.3) is 0 Å². The molecular weight excluding hydrogens is 168 g/mol. The van der Waals surface area contributed by atoms with Gasteiger partial charge in [0.15, 0.2) is 0 Å². The third-order valence-corrected chi connectivity index (χ3v) is 1.82. The predicted octanol–water partition coefficient (Wildman–Crippen LogP) is 0.471. The lowest BCUT2D eigenvalue weighted by Crippen LogP contribution is -2.24. The zero-order valence-corrected chi connectivity index (χ0v) is 7.77. The Hall–Kier alpha value is -1.13. The van der Waals surface area contributed by atoms with Gasteiger partial charge in [-0.15, -0.1) is 0 Å². The summed E-state index contributed by atoms with van der Waals surface area (Å²) in [6.45, 7) is 1.63. The highest BCUT2D eigenvalue weighted by Gasteiger charge is 2.13. The fraction of sp³-hybridized carbons (Fsp3) is 0.444. The fourth-order valence-electron chi connectivity index (χ4n) is 0.977. The summed E-state index contributed by atoms with van der Waals surface area (Å²) in [6.07, 6.45) is -0.611. The lowest BCUT2D eigenvalue weighted by atomic mass is 10.1. The molecule has 13 heavy (non-hydrogen) atoms. The number of hydrogen-bond acceptors (Lipinski definition) is 4. The fourth-order valence-corrected chi connectivity index (χ4v) is 0.977. The van der Waals surface area contributed by atoms with Crippen LogP contribution in [0.3, 0.4) is 0 Å². The molecule has 72 valence electrons. The number of ether oxygens (including phenoxy) is 1. The zero-order chi connectivity index (χ0) is 9.84. The number of pyridine rings is 1. The van der Waals surface area contributed by atoms with E-state index in [1.807, 2.05) is 0 Å². The molecule has 0 aliphatic carbocycles. The van der Waals surface area contributed by atoms with E-state index in [1.54, 1.807) is 32.2 Å². The highest BCUT2D eigenvalue weighted by atomic mass is 16.5. The van der Waals surface area contributed by atoms with Crippen LogP contribution in [0.5, 0.6) is 5.88 Å². The van der Waals surface area contributed by atoms with E-state index in [1.165, 1.54) is 0 Å². The molecule has 1 aromatic heterocycles. The quantitative estimate of drug-likeness (QED) is 0.713. The first-order valence-corrected chi connectivity index (χ1v) is 4.09. The summed E-state index contributed by atoms with van der Waals surface area (Å²) < 4.78 is 4.94. The van der Waals surface area contributed by atoms with Crippen LogP contribution in [0.1, 0.15) is 18.7 Å². The van der Waals surface area contributed by atoms with E-state index >= 15 is 0 Å². The third-order valence-electron chi connectivity index (χ3n) is 1.82. The van der Waals surface area contributed by atoms with Gasteiger partial charge in [-0.05, 0) is 13.0 Å². The van der Waals surface area contributed by atoms with Gasteiger partial charge in [0.1, 0.15) is 0 Å². The summed E-state index contributed by atoms with van der Waals surface area (Å²) in [7, 11) is 1.54. The monoisotopic (exact) mass is 182 g/mol. The van der Waals surface area contributed by atoms with Gasteiger partial charge in [-0.3, -0.25) is 0 Å². The van der Waals surface area contributed by atoms with Crippen molar-refractivity contribution < 1.29 is 9.84 Å². The average molecular weight is 182 g/mol. The Labute approximate surface area is 77.4 Å². The Morgan fingerprint density at radius 1 is 1.54 bits per heavy atom. The Kier molecular flexibility index (Phi) is 3.22. The molecule has 0 spiro atoms. The summed E-state index contributed by atoms with van der Waals surface area (Å²) in [4.78, 5) is 4.11. The molecule has 0 bridgehead atoms. The second-order valence-corrected chi connectivity index (χ2v) is 2.87. The number of methoxy groups -OCH3 is 1. The Morgan fingerprint density at radius 2 is 2.23 bits per heavy atom. The van der Waals surface area contributed by atoms with Gasteiger partial charge in [-0.2, -0.15) is 0 Å². The van der Waals surface area contributed by atoms with Crippen molar-refractivity contribution in [3.05, 3.63) is 23.9 Å². The zero-order valence-electron chi connectivity index (χ0n) is 7.77. The molecule has 0 unspecified atom stereocenters. The van der Waals surface area contributed by atoms with Crippen LogP contribution in [-0.2, 0) is 0 Å². The van der Waals surface area contributed by atoms with E-state index in [9.17, 15) is 5.11 Å². The van der Waals surface area contributed by atoms with Crippen LogP contribution >= 0.6 is 0 Å². The van der Waals surface area contributed by atoms with Crippen molar-refractivity contribution >= 4 is 0 Å². The van der Waals surface area contributed by atoms with Crippen LogP contribution in [-0.4, -0.2) is 23.3 Å². The molecule has 4 heteroatoms. The first kappa shape index (κ1) is 9.95. The summed E-state index contributed by atoms with van der Waals surface area (Å²) in [5.74, 6) is 0.508. The second-order valence-electron chi connectivity index (χ2n) is 2.87. The molecular formula is C9H14N2O2. The van der Waals surface area contributed by atoms with Gasteiger partial charge < -0.3 is 15.6 Å². The van der Waals surface area contributed by atoms with Gasteiger partial charge in [0.2, 0.25) is 5.88 Å². The molecule has 3 N–H and O–H groups in total. The van der Waals surface area contributed by atoms with Crippen LogP contribution in [0.2, 0.25) is 0 Å². The van der Waals surface area contributed by atoms with Gasteiger partial charge in [-0.1, -0.05) is 6.07 Å². The lowest BCUT2D eigenvalue weighted by molar-refractivity contribution is 0.162. The number of rotatable bonds is 3. The summed E-state index contributed by atoms with van der Waals surface area (Å²) in [5.41, 5.74) is 6.33. The molecule has 0 radical (unpaired) electrons. The molecule has 0 saturated carbocycles. The normalized spacial score (nSPS) is 15.1. The van der Waals surface area contributed by atoms with Crippen LogP contribution < -0.4 is 10.5 Å². The standard InChI is InChI=1S/C9H14N2O2/c1-6(12)9(10)7-4-3-5-8(11-7)13-2/h3-6,9,12H,10H2,1-2H3/t6-,9+/m0/s1. The molecule has 0 aliphatic rings. The maximum absolute atomic E-state index is 9.23. The predicted molar refractivity (Wildman–Crippen MR) is 49.4 cm³/mol. The minimum absolute atomic E-state index is 0.463. The van der Waals surface area contributed by atoms with Crippen LogP contribution in [0.15, 0.2) is 18.2 Å². The van der Waals surface area contributed by atoms with Crippen molar-refractivity contribution in [2.75, 3.05) is 7.11 Å². The van der Waals surface area contributed by atoms with Gasteiger partial charge >= 0.3 is 0 Å². The Bertz CT molecular complexity index is 276. The SMILES string of the molecule is COc1cccc([C@H](N)[C@H](C)O)n1. The minimum Gasteiger partial charge on any atom is -0.481 e. The lowest BCUT2D eigenvalue weighted by Gasteiger charge is -2.14. The smallest absolute Gasteiger partial charge is 0.213 e. The van der Waals surface area contributed by atoms with E-state index in [0.717, 1.165) is 0 Å². The molecule has 2 atom stereocenters. The molecule has 1 heterocycles. The molecule has 0 fully saturated rings. The van der Waals surface area contributed by atoms with Crippen molar-refractivity contribution in [3.8, 4) is 5.88 Å². The van der Waals surface area contributed by atoms with Crippen molar-refractivity contribution in [2.24, 2.45) is 5.73 Å². The maximum atomic E-state index is 9.23. The van der Waals surface area contributed by atoms with E-state index in [0.29, 0.717) is 11.6 Å². The Morgan fingerprint density at radius 3 is 2.77 bits per heavy atom. The van der Waals surface area contributed by atoms with E-state index in [2.05, 4.69) is 4.98 Å². The number of aliphatic hydroxyl groups excluding tert-OH is 1.